The van der Waals surface area contributed by atoms with E-state index >= 15 is 0 Å². The lowest BCUT2D eigenvalue weighted by atomic mass is 10.0. The van der Waals surface area contributed by atoms with Crippen LogP contribution in [-0.2, 0) is 4.74 Å². The third-order valence-corrected chi connectivity index (χ3v) is 4.01. The van der Waals surface area contributed by atoms with E-state index in [-0.39, 0.29) is 5.97 Å². The second-order valence-corrected chi connectivity index (χ2v) is 6.00. The number of esters is 1. The standard InChI is InChI=1S/C20H20N2O2/c1-12-8-14(3)19-17(9-12)13(2)10-18(22-19)21-16-7-5-6-15(11-16)20(23)24-4/h5-11H,1-4H3,(H,21,22). The average molecular weight is 320 g/mol. The molecule has 0 spiro atoms. The van der Waals surface area contributed by atoms with Crippen molar-refractivity contribution < 1.29 is 9.53 Å². The van der Waals surface area contributed by atoms with Crippen LogP contribution >= 0.6 is 0 Å². The molecule has 0 radical (unpaired) electrons. The van der Waals surface area contributed by atoms with Gasteiger partial charge in [-0.1, -0.05) is 17.7 Å². The Balaban J connectivity index is 2.00. The van der Waals surface area contributed by atoms with Gasteiger partial charge in [0.15, 0.2) is 0 Å². The molecule has 0 atom stereocenters. The number of hydrogen-bond donors (Lipinski definition) is 1. The third kappa shape index (κ3) is 3.08. The SMILES string of the molecule is COC(=O)c1cccc(Nc2cc(C)c3cc(C)cc(C)c3n2)c1. The number of benzene rings is 2. The van der Waals surface area contributed by atoms with Gasteiger partial charge in [0.2, 0.25) is 0 Å². The predicted molar refractivity (Wildman–Crippen MR) is 97.0 cm³/mol. The minimum atomic E-state index is -0.354. The first-order chi connectivity index (χ1) is 11.5. The van der Waals surface area contributed by atoms with Gasteiger partial charge in [-0.15, -0.1) is 0 Å². The van der Waals surface area contributed by atoms with Crippen molar-refractivity contribution in [2.24, 2.45) is 0 Å². The van der Waals surface area contributed by atoms with Crippen LogP contribution < -0.4 is 5.32 Å². The lowest BCUT2D eigenvalue weighted by Crippen LogP contribution is -2.02. The van der Waals surface area contributed by atoms with Crippen LogP contribution in [0.1, 0.15) is 27.0 Å². The number of aryl methyl sites for hydroxylation is 3. The highest BCUT2D eigenvalue weighted by molar-refractivity contribution is 5.91. The van der Waals surface area contributed by atoms with Crippen molar-refractivity contribution in [3.8, 4) is 0 Å². The average Bonchev–Trinajstić information content (AvgIpc) is 2.55. The Hall–Kier alpha value is -2.88. The van der Waals surface area contributed by atoms with E-state index in [1.165, 1.54) is 23.6 Å². The highest BCUT2D eigenvalue weighted by Crippen LogP contribution is 2.26. The smallest absolute Gasteiger partial charge is 0.337 e. The number of methoxy groups -OCH3 is 1. The summed E-state index contributed by atoms with van der Waals surface area (Å²) >= 11 is 0. The summed E-state index contributed by atoms with van der Waals surface area (Å²) in [6, 6.07) is 13.5. The molecule has 122 valence electrons. The second-order valence-electron chi connectivity index (χ2n) is 6.00. The summed E-state index contributed by atoms with van der Waals surface area (Å²) in [6.07, 6.45) is 0. The van der Waals surface area contributed by atoms with Crippen LogP contribution in [0.3, 0.4) is 0 Å². The molecule has 1 N–H and O–H groups in total. The molecule has 0 unspecified atom stereocenters. The van der Waals surface area contributed by atoms with Gasteiger partial charge >= 0.3 is 5.97 Å². The molecule has 0 fully saturated rings. The zero-order chi connectivity index (χ0) is 17.3. The largest absolute Gasteiger partial charge is 0.465 e. The third-order valence-electron chi connectivity index (χ3n) is 4.01. The summed E-state index contributed by atoms with van der Waals surface area (Å²) in [4.78, 5) is 16.4. The molecule has 1 aromatic heterocycles. The molecule has 3 aromatic rings. The number of ether oxygens (including phenoxy) is 1. The van der Waals surface area contributed by atoms with Crippen molar-refractivity contribution in [3.63, 3.8) is 0 Å². The van der Waals surface area contributed by atoms with Crippen LogP contribution in [0.5, 0.6) is 0 Å². The number of pyridine rings is 1. The minimum absolute atomic E-state index is 0.354. The van der Waals surface area contributed by atoms with Gasteiger partial charge in [0.25, 0.3) is 0 Å². The number of rotatable bonds is 3. The van der Waals surface area contributed by atoms with Crippen molar-refractivity contribution in [3.05, 3.63) is 64.7 Å². The molecule has 1 heterocycles. The van der Waals surface area contributed by atoms with Crippen molar-refractivity contribution >= 4 is 28.4 Å². The minimum Gasteiger partial charge on any atom is -0.465 e. The number of anilines is 2. The number of aromatic nitrogens is 1. The highest BCUT2D eigenvalue weighted by Gasteiger charge is 2.09. The van der Waals surface area contributed by atoms with Crippen LogP contribution in [0.4, 0.5) is 11.5 Å². The van der Waals surface area contributed by atoms with E-state index in [2.05, 4.69) is 38.2 Å². The molecule has 4 nitrogen and oxygen atoms in total. The highest BCUT2D eigenvalue weighted by atomic mass is 16.5. The van der Waals surface area contributed by atoms with Crippen molar-refractivity contribution in [1.82, 2.24) is 4.98 Å². The topological polar surface area (TPSA) is 51.2 Å². The second kappa shape index (κ2) is 6.32. The molecule has 0 aliphatic carbocycles. The van der Waals surface area contributed by atoms with E-state index in [4.69, 9.17) is 9.72 Å². The predicted octanol–water partition coefficient (Wildman–Crippen LogP) is 4.69. The van der Waals surface area contributed by atoms with Gasteiger partial charge in [-0.2, -0.15) is 0 Å². The van der Waals surface area contributed by atoms with Gasteiger partial charge in [0, 0.05) is 11.1 Å². The summed E-state index contributed by atoms with van der Waals surface area (Å²) in [5.74, 6) is 0.404. The van der Waals surface area contributed by atoms with Crippen LogP contribution in [0.15, 0.2) is 42.5 Å². The number of nitrogens with one attached hydrogen (secondary N) is 1. The molecule has 2 aromatic carbocycles. The number of hydrogen-bond acceptors (Lipinski definition) is 4. The van der Waals surface area contributed by atoms with Crippen molar-refractivity contribution in [2.45, 2.75) is 20.8 Å². The molecule has 0 amide bonds. The molecule has 0 aliphatic rings. The number of carbonyl (C=O) groups is 1. The quantitative estimate of drug-likeness (QED) is 0.711. The fourth-order valence-corrected chi connectivity index (χ4v) is 2.90. The molecule has 0 bridgehead atoms. The zero-order valence-corrected chi connectivity index (χ0v) is 14.3. The first kappa shape index (κ1) is 16.0. The van der Waals surface area contributed by atoms with Gasteiger partial charge in [-0.25, -0.2) is 9.78 Å². The number of fused-ring (bicyclic) bond motifs is 1. The Morgan fingerprint density at radius 2 is 1.83 bits per heavy atom. The van der Waals surface area contributed by atoms with Crippen LogP contribution in [-0.4, -0.2) is 18.1 Å². The fourth-order valence-electron chi connectivity index (χ4n) is 2.90. The van der Waals surface area contributed by atoms with E-state index in [0.717, 1.165) is 22.6 Å². The Morgan fingerprint density at radius 1 is 1.04 bits per heavy atom. The van der Waals surface area contributed by atoms with Crippen LogP contribution in [0.2, 0.25) is 0 Å². The van der Waals surface area contributed by atoms with Crippen molar-refractivity contribution in [2.75, 3.05) is 12.4 Å². The molecule has 4 heteroatoms. The monoisotopic (exact) mass is 320 g/mol. The first-order valence-corrected chi connectivity index (χ1v) is 7.82. The normalized spacial score (nSPS) is 10.7. The van der Waals surface area contributed by atoms with E-state index < -0.39 is 0 Å². The Labute approximate surface area is 141 Å². The van der Waals surface area contributed by atoms with Crippen LogP contribution in [0, 0.1) is 20.8 Å². The Kier molecular flexibility index (Phi) is 4.21. The lowest BCUT2D eigenvalue weighted by molar-refractivity contribution is 0.0601. The maximum atomic E-state index is 11.7. The van der Waals surface area contributed by atoms with Gasteiger partial charge in [0.1, 0.15) is 5.82 Å². The molecule has 24 heavy (non-hydrogen) atoms. The van der Waals surface area contributed by atoms with E-state index in [9.17, 15) is 4.79 Å². The molecule has 3 rings (SSSR count). The van der Waals surface area contributed by atoms with Gasteiger partial charge < -0.3 is 10.1 Å². The maximum absolute atomic E-state index is 11.7. The summed E-state index contributed by atoms with van der Waals surface area (Å²) in [5.41, 5.74) is 5.85. The molecular weight excluding hydrogens is 300 g/mol. The summed E-state index contributed by atoms with van der Waals surface area (Å²) in [5, 5.41) is 4.45. The summed E-state index contributed by atoms with van der Waals surface area (Å²) in [6.45, 7) is 6.25. The lowest BCUT2D eigenvalue weighted by Gasteiger charge is -2.12. The zero-order valence-electron chi connectivity index (χ0n) is 14.3. The van der Waals surface area contributed by atoms with Crippen LogP contribution in [0.25, 0.3) is 10.9 Å². The first-order valence-electron chi connectivity index (χ1n) is 7.82. The van der Waals surface area contributed by atoms with Gasteiger partial charge in [0.05, 0.1) is 18.2 Å². The Bertz CT molecular complexity index is 932. The van der Waals surface area contributed by atoms with E-state index in [1.807, 2.05) is 18.2 Å². The molecule has 0 saturated carbocycles. The molecule has 0 saturated heterocycles. The van der Waals surface area contributed by atoms with Gasteiger partial charge in [-0.3, -0.25) is 0 Å². The summed E-state index contributed by atoms with van der Waals surface area (Å²) < 4.78 is 4.76. The number of nitrogens with zero attached hydrogens (tertiary/aromatic N) is 1. The van der Waals surface area contributed by atoms with Crippen molar-refractivity contribution in [1.29, 1.82) is 0 Å². The fraction of sp³-hybridized carbons (Fsp3) is 0.200. The summed E-state index contributed by atoms with van der Waals surface area (Å²) in [7, 11) is 1.38. The molecular formula is C20H20N2O2. The van der Waals surface area contributed by atoms with E-state index in [1.54, 1.807) is 12.1 Å². The maximum Gasteiger partial charge on any atom is 0.337 e. The van der Waals surface area contributed by atoms with E-state index in [0.29, 0.717) is 5.56 Å². The number of carbonyl (C=O) groups excluding carboxylic acids is 1. The molecule has 0 aliphatic heterocycles. The Morgan fingerprint density at radius 3 is 2.58 bits per heavy atom. The van der Waals surface area contributed by atoms with Gasteiger partial charge in [-0.05, 0) is 62.2 Å².